The minimum absolute atomic E-state index is 0.493. The molecule has 0 saturated carbocycles. The molecule has 1 heterocycles. The number of nitrogens with one attached hydrogen (secondary N) is 1. The van der Waals surface area contributed by atoms with Crippen molar-refractivity contribution in [1.82, 2.24) is 9.97 Å². The summed E-state index contributed by atoms with van der Waals surface area (Å²) >= 11 is 2.14. The highest BCUT2D eigenvalue weighted by Gasteiger charge is 2.05. The lowest BCUT2D eigenvalue weighted by molar-refractivity contribution is 1.15. The summed E-state index contributed by atoms with van der Waals surface area (Å²) in [6.45, 7) is 1.90. The van der Waals surface area contributed by atoms with E-state index in [4.69, 9.17) is 5.26 Å². The van der Waals surface area contributed by atoms with Gasteiger partial charge in [0, 0.05) is 16.0 Å². The molecule has 0 atom stereocenters. The zero-order valence-corrected chi connectivity index (χ0v) is 11.3. The molecule has 2 rings (SSSR count). The highest BCUT2D eigenvalue weighted by molar-refractivity contribution is 14.1. The number of benzene rings is 1. The van der Waals surface area contributed by atoms with Gasteiger partial charge >= 0.3 is 0 Å². The average molecular weight is 336 g/mol. The predicted molar refractivity (Wildman–Crippen MR) is 73.9 cm³/mol. The minimum Gasteiger partial charge on any atom is -0.323 e. The number of anilines is 2. The van der Waals surface area contributed by atoms with Gasteiger partial charge in [-0.1, -0.05) is 12.1 Å². The highest BCUT2D eigenvalue weighted by atomic mass is 127. The SMILES string of the molecule is Cc1cccc(Nc2ncc(I)cn2)c1C#N. The standard InChI is InChI=1S/C12H9IN4/c1-8-3-2-4-11(10(8)5-14)17-12-15-6-9(13)7-16-12/h2-4,6-7H,1H3,(H,15,16,17). The monoisotopic (exact) mass is 336 g/mol. The van der Waals surface area contributed by atoms with E-state index in [0.717, 1.165) is 14.8 Å². The molecule has 1 aromatic carbocycles. The summed E-state index contributed by atoms with van der Waals surface area (Å²) in [5.41, 5.74) is 2.28. The number of hydrogen-bond acceptors (Lipinski definition) is 4. The maximum absolute atomic E-state index is 9.09. The Morgan fingerprint density at radius 3 is 2.65 bits per heavy atom. The van der Waals surface area contributed by atoms with Crippen LogP contribution in [0.1, 0.15) is 11.1 Å². The van der Waals surface area contributed by atoms with Crippen molar-refractivity contribution in [1.29, 1.82) is 5.26 Å². The Morgan fingerprint density at radius 2 is 2.00 bits per heavy atom. The fourth-order valence-corrected chi connectivity index (χ4v) is 1.70. The quantitative estimate of drug-likeness (QED) is 0.857. The van der Waals surface area contributed by atoms with Crippen molar-refractivity contribution in [3.05, 3.63) is 45.3 Å². The van der Waals surface area contributed by atoms with Crippen LogP contribution in [0.5, 0.6) is 0 Å². The van der Waals surface area contributed by atoms with E-state index in [9.17, 15) is 0 Å². The molecule has 0 aliphatic heterocycles. The van der Waals surface area contributed by atoms with Crippen LogP contribution in [-0.4, -0.2) is 9.97 Å². The number of rotatable bonds is 2. The molecule has 0 aliphatic carbocycles. The molecule has 4 nitrogen and oxygen atoms in total. The molecule has 0 saturated heterocycles. The molecule has 0 fully saturated rings. The van der Waals surface area contributed by atoms with Crippen molar-refractivity contribution in [2.45, 2.75) is 6.92 Å². The Morgan fingerprint density at radius 1 is 1.29 bits per heavy atom. The third-order valence-corrected chi connectivity index (χ3v) is 2.81. The lowest BCUT2D eigenvalue weighted by Crippen LogP contribution is -1.99. The molecule has 5 heteroatoms. The fourth-order valence-electron chi connectivity index (χ4n) is 1.42. The number of aromatic nitrogens is 2. The highest BCUT2D eigenvalue weighted by Crippen LogP contribution is 2.20. The molecule has 0 aliphatic rings. The molecule has 17 heavy (non-hydrogen) atoms. The first-order valence-electron chi connectivity index (χ1n) is 4.95. The van der Waals surface area contributed by atoms with Gasteiger partial charge in [0.05, 0.1) is 11.3 Å². The summed E-state index contributed by atoms with van der Waals surface area (Å²) in [6.07, 6.45) is 3.44. The third kappa shape index (κ3) is 2.71. The van der Waals surface area contributed by atoms with Crippen LogP contribution in [0.3, 0.4) is 0 Å². The summed E-state index contributed by atoms with van der Waals surface area (Å²) in [5.74, 6) is 0.493. The Hall–Kier alpha value is -1.68. The van der Waals surface area contributed by atoms with Crippen LogP contribution < -0.4 is 5.32 Å². The molecule has 0 amide bonds. The molecule has 0 spiro atoms. The van der Waals surface area contributed by atoms with Gasteiger partial charge in [-0.05, 0) is 41.1 Å². The Balaban J connectivity index is 2.34. The number of nitriles is 1. The van der Waals surface area contributed by atoms with Gasteiger partial charge in [-0.25, -0.2) is 9.97 Å². The lowest BCUT2D eigenvalue weighted by Gasteiger charge is -2.07. The molecule has 84 valence electrons. The third-order valence-electron chi connectivity index (χ3n) is 2.25. The van der Waals surface area contributed by atoms with Gasteiger partial charge in [0.25, 0.3) is 0 Å². The number of halogens is 1. The van der Waals surface area contributed by atoms with Crippen molar-refractivity contribution in [2.75, 3.05) is 5.32 Å². The second-order valence-electron chi connectivity index (χ2n) is 3.46. The maximum atomic E-state index is 9.09. The second-order valence-corrected chi connectivity index (χ2v) is 4.70. The van der Waals surface area contributed by atoms with E-state index in [0.29, 0.717) is 11.5 Å². The van der Waals surface area contributed by atoms with Crippen molar-refractivity contribution in [3.63, 3.8) is 0 Å². The smallest absolute Gasteiger partial charge is 0.227 e. The number of nitrogens with zero attached hydrogens (tertiary/aromatic N) is 3. The molecule has 2 aromatic rings. The zero-order valence-electron chi connectivity index (χ0n) is 9.11. The van der Waals surface area contributed by atoms with Crippen LogP contribution in [0.25, 0.3) is 0 Å². The topological polar surface area (TPSA) is 61.6 Å². The van der Waals surface area contributed by atoms with E-state index in [1.54, 1.807) is 12.4 Å². The Labute approximate surface area is 113 Å². The first-order chi connectivity index (χ1) is 8.20. The van der Waals surface area contributed by atoms with Gasteiger partial charge in [-0.2, -0.15) is 5.26 Å². The van der Waals surface area contributed by atoms with Crippen LogP contribution in [0, 0.1) is 21.8 Å². The Bertz CT molecular complexity index is 572. The molecular weight excluding hydrogens is 327 g/mol. The summed E-state index contributed by atoms with van der Waals surface area (Å²) in [7, 11) is 0. The van der Waals surface area contributed by atoms with Crippen LogP contribution in [0.4, 0.5) is 11.6 Å². The van der Waals surface area contributed by atoms with Gasteiger partial charge < -0.3 is 5.32 Å². The number of hydrogen-bond donors (Lipinski definition) is 1. The van der Waals surface area contributed by atoms with E-state index in [1.807, 2.05) is 25.1 Å². The molecule has 0 radical (unpaired) electrons. The molecule has 1 N–H and O–H groups in total. The summed E-state index contributed by atoms with van der Waals surface area (Å²) < 4.78 is 0.970. The van der Waals surface area contributed by atoms with Gasteiger partial charge in [0.1, 0.15) is 6.07 Å². The van der Waals surface area contributed by atoms with E-state index in [2.05, 4.69) is 43.9 Å². The van der Waals surface area contributed by atoms with E-state index >= 15 is 0 Å². The minimum atomic E-state index is 0.493. The average Bonchev–Trinajstić information content (AvgIpc) is 2.32. The fraction of sp³-hybridized carbons (Fsp3) is 0.0833. The van der Waals surface area contributed by atoms with Gasteiger partial charge in [0.2, 0.25) is 5.95 Å². The summed E-state index contributed by atoms with van der Waals surface area (Å²) in [6, 6.07) is 7.81. The van der Waals surface area contributed by atoms with Crippen LogP contribution in [0.15, 0.2) is 30.6 Å². The van der Waals surface area contributed by atoms with E-state index in [-0.39, 0.29) is 0 Å². The second kappa shape index (κ2) is 5.10. The normalized spacial score (nSPS) is 9.71. The summed E-state index contributed by atoms with van der Waals surface area (Å²) in [5, 5.41) is 12.1. The summed E-state index contributed by atoms with van der Waals surface area (Å²) in [4.78, 5) is 8.28. The van der Waals surface area contributed by atoms with Crippen molar-refractivity contribution >= 4 is 34.2 Å². The van der Waals surface area contributed by atoms with Crippen molar-refractivity contribution in [2.24, 2.45) is 0 Å². The maximum Gasteiger partial charge on any atom is 0.227 e. The lowest BCUT2D eigenvalue weighted by atomic mass is 10.1. The van der Waals surface area contributed by atoms with Gasteiger partial charge in [-0.15, -0.1) is 0 Å². The van der Waals surface area contributed by atoms with Gasteiger partial charge in [-0.3, -0.25) is 0 Å². The Kier molecular flexibility index (Phi) is 3.54. The van der Waals surface area contributed by atoms with Crippen LogP contribution in [-0.2, 0) is 0 Å². The van der Waals surface area contributed by atoms with E-state index < -0.39 is 0 Å². The van der Waals surface area contributed by atoms with Gasteiger partial charge in [0.15, 0.2) is 0 Å². The molecule has 1 aromatic heterocycles. The first kappa shape index (κ1) is 11.8. The zero-order chi connectivity index (χ0) is 12.3. The van der Waals surface area contributed by atoms with Crippen molar-refractivity contribution < 1.29 is 0 Å². The molecule has 0 bridgehead atoms. The molecular formula is C12H9IN4. The predicted octanol–water partition coefficient (Wildman–Crippen LogP) is 3.00. The number of aryl methyl sites for hydroxylation is 1. The first-order valence-corrected chi connectivity index (χ1v) is 6.03. The van der Waals surface area contributed by atoms with E-state index in [1.165, 1.54) is 0 Å². The van der Waals surface area contributed by atoms with Crippen molar-refractivity contribution in [3.8, 4) is 6.07 Å². The molecule has 0 unspecified atom stereocenters. The van der Waals surface area contributed by atoms with Crippen LogP contribution in [0.2, 0.25) is 0 Å². The largest absolute Gasteiger partial charge is 0.323 e. The van der Waals surface area contributed by atoms with Crippen LogP contribution >= 0.6 is 22.6 Å².